The van der Waals surface area contributed by atoms with E-state index < -0.39 is 11.2 Å². The molecule has 1 aromatic carbocycles. The molecule has 1 unspecified atom stereocenters. The average Bonchev–Trinajstić information content (AvgIpc) is 2.93. The van der Waals surface area contributed by atoms with E-state index in [1.807, 2.05) is 24.3 Å². The van der Waals surface area contributed by atoms with E-state index >= 15 is 0 Å². The number of aromatic nitrogens is 1. The van der Waals surface area contributed by atoms with E-state index in [0.29, 0.717) is 17.9 Å². The molecule has 0 saturated carbocycles. The van der Waals surface area contributed by atoms with Gasteiger partial charge in [-0.25, -0.2) is 0 Å². The molecular weight excluding hydrogens is 278 g/mol. The summed E-state index contributed by atoms with van der Waals surface area (Å²) in [6.45, 7) is 0.207. The van der Waals surface area contributed by atoms with Crippen molar-refractivity contribution in [1.29, 1.82) is 0 Å². The zero-order valence-corrected chi connectivity index (χ0v) is 11.3. The van der Waals surface area contributed by atoms with Gasteiger partial charge in [-0.15, -0.1) is 0 Å². The van der Waals surface area contributed by atoms with Gasteiger partial charge in [-0.05, 0) is 41.4 Å². The molecule has 1 aliphatic rings. The highest BCUT2D eigenvalue weighted by Gasteiger charge is 2.23. The number of halogens is 1. The van der Waals surface area contributed by atoms with Crippen molar-refractivity contribution in [2.45, 2.75) is 12.3 Å². The topological polar surface area (TPSA) is 48.4 Å². The van der Waals surface area contributed by atoms with Crippen LogP contribution in [0.1, 0.15) is 17.2 Å². The Morgan fingerprint density at radius 1 is 1.25 bits per heavy atom. The summed E-state index contributed by atoms with van der Waals surface area (Å²) in [6.07, 6.45) is 2.16. The molecule has 4 nitrogen and oxygen atoms in total. The number of nitrogens with zero attached hydrogens (tertiary/aromatic N) is 1. The molecule has 2 heterocycles. The van der Waals surface area contributed by atoms with Crippen LogP contribution in [0.5, 0.6) is 11.5 Å². The SMILES string of the molecule is O=C(Cl)C(Cc1ccccn1)c1ccc2c(c1)OCO2. The molecule has 2 aromatic rings. The summed E-state index contributed by atoms with van der Waals surface area (Å²) >= 11 is 5.74. The maximum Gasteiger partial charge on any atom is 0.231 e. The second-order valence-electron chi connectivity index (χ2n) is 4.49. The molecule has 102 valence electrons. The summed E-state index contributed by atoms with van der Waals surface area (Å²) in [5, 5.41) is -0.408. The predicted molar refractivity (Wildman–Crippen MR) is 74.1 cm³/mol. The van der Waals surface area contributed by atoms with Gasteiger partial charge in [0.25, 0.3) is 0 Å². The summed E-state index contributed by atoms with van der Waals surface area (Å²) in [5.74, 6) is 0.889. The molecule has 5 heteroatoms. The number of fused-ring (bicyclic) bond motifs is 1. The van der Waals surface area contributed by atoms with Gasteiger partial charge in [-0.3, -0.25) is 9.78 Å². The van der Waals surface area contributed by atoms with Crippen LogP contribution in [0.2, 0.25) is 0 Å². The van der Waals surface area contributed by atoms with Gasteiger partial charge >= 0.3 is 0 Å². The summed E-state index contributed by atoms with van der Waals surface area (Å²) in [6, 6.07) is 11.0. The van der Waals surface area contributed by atoms with Gasteiger partial charge in [-0.2, -0.15) is 0 Å². The van der Waals surface area contributed by atoms with E-state index in [0.717, 1.165) is 11.3 Å². The summed E-state index contributed by atoms with van der Waals surface area (Å²) < 4.78 is 10.6. The highest BCUT2D eigenvalue weighted by molar-refractivity contribution is 6.64. The lowest BCUT2D eigenvalue weighted by Gasteiger charge is -2.13. The third-order valence-electron chi connectivity index (χ3n) is 3.21. The molecule has 0 fully saturated rings. The first-order chi connectivity index (χ1) is 9.74. The van der Waals surface area contributed by atoms with Crippen molar-refractivity contribution in [1.82, 2.24) is 4.98 Å². The fraction of sp³-hybridized carbons (Fsp3) is 0.200. The molecule has 0 bridgehead atoms. The molecule has 1 atom stereocenters. The fourth-order valence-corrected chi connectivity index (χ4v) is 2.39. The summed E-state index contributed by atoms with van der Waals surface area (Å²) in [5.41, 5.74) is 1.63. The standard InChI is InChI=1S/C15H12ClNO3/c16-15(18)12(8-11-3-1-2-6-17-11)10-4-5-13-14(7-10)20-9-19-13/h1-7,12H,8-9H2. The lowest BCUT2D eigenvalue weighted by atomic mass is 9.95. The van der Waals surface area contributed by atoms with Gasteiger partial charge in [0.05, 0.1) is 5.92 Å². The monoisotopic (exact) mass is 289 g/mol. The van der Waals surface area contributed by atoms with E-state index in [9.17, 15) is 4.79 Å². The Morgan fingerprint density at radius 2 is 2.10 bits per heavy atom. The molecular formula is C15H12ClNO3. The molecule has 0 saturated heterocycles. The number of rotatable bonds is 4. The molecule has 0 amide bonds. The molecule has 1 aromatic heterocycles. The van der Waals surface area contributed by atoms with E-state index in [2.05, 4.69) is 4.98 Å². The van der Waals surface area contributed by atoms with E-state index in [-0.39, 0.29) is 6.79 Å². The number of carbonyl (C=O) groups is 1. The first kappa shape index (κ1) is 12.9. The van der Waals surface area contributed by atoms with Crippen molar-refractivity contribution in [2.24, 2.45) is 0 Å². The smallest absolute Gasteiger partial charge is 0.231 e. The number of hydrogen-bond donors (Lipinski definition) is 0. The summed E-state index contributed by atoms with van der Waals surface area (Å²) in [7, 11) is 0. The van der Waals surface area contributed by atoms with E-state index in [1.54, 1.807) is 18.3 Å². The third-order valence-corrected chi connectivity index (χ3v) is 3.48. The Kier molecular flexibility index (Phi) is 3.56. The number of benzene rings is 1. The minimum atomic E-state index is -0.443. The van der Waals surface area contributed by atoms with Crippen LogP contribution < -0.4 is 9.47 Å². The Morgan fingerprint density at radius 3 is 2.85 bits per heavy atom. The van der Waals surface area contributed by atoms with E-state index in [4.69, 9.17) is 21.1 Å². The number of ether oxygens (including phenoxy) is 2. The van der Waals surface area contributed by atoms with Crippen LogP contribution in [-0.2, 0) is 11.2 Å². The minimum absolute atomic E-state index is 0.207. The van der Waals surface area contributed by atoms with Gasteiger partial charge in [-0.1, -0.05) is 12.1 Å². The van der Waals surface area contributed by atoms with Gasteiger partial charge in [0.15, 0.2) is 11.5 Å². The average molecular weight is 290 g/mol. The molecule has 0 aliphatic carbocycles. The molecule has 1 aliphatic heterocycles. The molecule has 3 rings (SSSR count). The van der Waals surface area contributed by atoms with Crippen LogP contribution in [-0.4, -0.2) is 17.0 Å². The van der Waals surface area contributed by atoms with Gasteiger partial charge in [0, 0.05) is 18.3 Å². The van der Waals surface area contributed by atoms with Crippen molar-refractivity contribution in [3.63, 3.8) is 0 Å². The Bertz CT molecular complexity index is 630. The van der Waals surface area contributed by atoms with Crippen LogP contribution in [0.3, 0.4) is 0 Å². The molecule has 20 heavy (non-hydrogen) atoms. The van der Waals surface area contributed by atoms with Gasteiger partial charge < -0.3 is 9.47 Å². The molecule has 0 radical (unpaired) electrons. The highest BCUT2D eigenvalue weighted by Crippen LogP contribution is 2.35. The molecule has 0 spiro atoms. The van der Waals surface area contributed by atoms with Crippen molar-refractivity contribution in [2.75, 3.05) is 6.79 Å². The lowest BCUT2D eigenvalue weighted by Crippen LogP contribution is -2.11. The Balaban J connectivity index is 1.89. The van der Waals surface area contributed by atoms with E-state index in [1.165, 1.54) is 0 Å². The van der Waals surface area contributed by atoms with Gasteiger partial charge in [0.1, 0.15) is 0 Å². The zero-order chi connectivity index (χ0) is 13.9. The maximum absolute atomic E-state index is 11.7. The first-order valence-corrected chi connectivity index (χ1v) is 6.60. The number of hydrogen-bond acceptors (Lipinski definition) is 4. The normalized spacial score (nSPS) is 14.1. The quantitative estimate of drug-likeness (QED) is 0.812. The largest absolute Gasteiger partial charge is 0.454 e. The highest BCUT2D eigenvalue weighted by atomic mass is 35.5. The van der Waals surface area contributed by atoms with Crippen LogP contribution in [0, 0.1) is 0 Å². The minimum Gasteiger partial charge on any atom is -0.454 e. The second kappa shape index (κ2) is 5.51. The zero-order valence-electron chi connectivity index (χ0n) is 10.6. The van der Waals surface area contributed by atoms with Crippen molar-refractivity contribution < 1.29 is 14.3 Å². The Hall–Kier alpha value is -2.07. The predicted octanol–water partition coefficient (Wildman–Crippen LogP) is 2.90. The maximum atomic E-state index is 11.7. The van der Waals surface area contributed by atoms with Crippen LogP contribution >= 0.6 is 11.6 Å². The van der Waals surface area contributed by atoms with Crippen molar-refractivity contribution >= 4 is 16.8 Å². The first-order valence-electron chi connectivity index (χ1n) is 6.23. The second-order valence-corrected chi connectivity index (χ2v) is 4.87. The lowest BCUT2D eigenvalue weighted by molar-refractivity contribution is -0.113. The van der Waals surface area contributed by atoms with Crippen LogP contribution in [0.15, 0.2) is 42.6 Å². The van der Waals surface area contributed by atoms with Crippen LogP contribution in [0.4, 0.5) is 0 Å². The van der Waals surface area contributed by atoms with Crippen molar-refractivity contribution in [3.8, 4) is 11.5 Å². The van der Waals surface area contributed by atoms with Gasteiger partial charge in [0.2, 0.25) is 12.0 Å². The number of pyridine rings is 1. The summed E-state index contributed by atoms with van der Waals surface area (Å²) in [4.78, 5) is 15.9. The number of carbonyl (C=O) groups excluding carboxylic acids is 1. The molecule has 0 N–H and O–H groups in total. The fourth-order valence-electron chi connectivity index (χ4n) is 2.19. The van der Waals surface area contributed by atoms with Crippen molar-refractivity contribution in [3.05, 3.63) is 53.9 Å². The Labute approximate surface area is 121 Å². The third kappa shape index (κ3) is 2.60. The van der Waals surface area contributed by atoms with Crippen LogP contribution in [0.25, 0.3) is 0 Å².